The van der Waals surface area contributed by atoms with Gasteiger partial charge in [-0.1, -0.05) is 45.2 Å². The summed E-state index contributed by atoms with van der Waals surface area (Å²) in [5.74, 6) is 0.396. The van der Waals surface area contributed by atoms with Gasteiger partial charge in [0.15, 0.2) is 5.43 Å². The molecule has 0 N–H and O–H groups in total. The zero-order valence-electron chi connectivity index (χ0n) is 12.3. The number of unbranched alkanes of at least 4 members (excludes halogenated alkanes) is 3. The Labute approximate surface area is 119 Å². The molecule has 0 saturated carbocycles. The molecule has 0 unspecified atom stereocenters. The molecule has 0 radical (unpaired) electrons. The van der Waals surface area contributed by atoms with Crippen LogP contribution in [0.1, 0.15) is 45.1 Å². The zero-order valence-corrected chi connectivity index (χ0v) is 12.3. The van der Waals surface area contributed by atoms with Crippen molar-refractivity contribution in [2.24, 2.45) is 0 Å². The Kier molecular flexibility index (Phi) is 5.22. The van der Waals surface area contributed by atoms with E-state index in [4.69, 9.17) is 9.15 Å². The van der Waals surface area contributed by atoms with Gasteiger partial charge in [0.05, 0.1) is 17.6 Å². The second kappa shape index (κ2) is 7.13. The Balaban J connectivity index is 2.21. The Morgan fingerprint density at radius 2 is 1.90 bits per heavy atom. The fourth-order valence-electron chi connectivity index (χ4n) is 2.28. The van der Waals surface area contributed by atoms with E-state index in [-0.39, 0.29) is 5.43 Å². The van der Waals surface area contributed by atoms with Crippen molar-refractivity contribution in [2.75, 3.05) is 6.61 Å². The Bertz CT molecular complexity index is 613. The van der Waals surface area contributed by atoms with Crippen LogP contribution in [0.2, 0.25) is 0 Å². The molecule has 2 rings (SSSR count). The van der Waals surface area contributed by atoms with Gasteiger partial charge in [-0.2, -0.15) is 0 Å². The summed E-state index contributed by atoms with van der Waals surface area (Å²) in [5, 5.41) is 0.627. The average molecular weight is 274 g/mol. The predicted octanol–water partition coefficient (Wildman–Crippen LogP) is 4.31. The topological polar surface area (TPSA) is 39.4 Å². The lowest BCUT2D eigenvalue weighted by Gasteiger charge is -2.09. The summed E-state index contributed by atoms with van der Waals surface area (Å²) in [6, 6.07) is 7.32. The van der Waals surface area contributed by atoms with Gasteiger partial charge < -0.3 is 9.15 Å². The largest absolute Gasteiger partial charge is 0.465 e. The lowest BCUT2D eigenvalue weighted by molar-refractivity contribution is 0.235. The highest BCUT2D eigenvalue weighted by Gasteiger charge is 2.13. The van der Waals surface area contributed by atoms with Crippen molar-refractivity contribution in [2.45, 2.75) is 46.0 Å². The minimum absolute atomic E-state index is 0.0258. The van der Waals surface area contributed by atoms with Crippen LogP contribution in [0.4, 0.5) is 0 Å². The van der Waals surface area contributed by atoms with E-state index in [2.05, 4.69) is 6.92 Å². The molecule has 0 aliphatic carbocycles. The van der Waals surface area contributed by atoms with E-state index in [9.17, 15) is 4.79 Å². The monoisotopic (exact) mass is 274 g/mol. The van der Waals surface area contributed by atoms with Gasteiger partial charge in [0.2, 0.25) is 0 Å². The second-order valence-electron chi connectivity index (χ2n) is 4.96. The third kappa shape index (κ3) is 3.21. The van der Waals surface area contributed by atoms with Crippen LogP contribution in [-0.2, 0) is 6.42 Å². The van der Waals surface area contributed by atoms with E-state index in [1.54, 1.807) is 12.1 Å². The van der Waals surface area contributed by atoms with Gasteiger partial charge in [-0.15, -0.1) is 0 Å². The van der Waals surface area contributed by atoms with Crippen LogP contribution in [0.25, 0.3) is 11.0 Å². The van der Waals surface area contributed by atoms with E-state index in [1.807, 2.05) is 19.1 Å². The van der Waals surface area contributed by atoms with Crippen LogP contribution in [0, 0.1) is 0 Å². The standard InChI is InChI=1S/C17H22O3/c1-3-5-6-9-12-19-17-13(4-2)16(18)14-10-7-8-11-15(14)20-17/h7-8,10-11H,3-6,9,12H2,1-2H3. The predicted molar refractivity (Wildman–Crippen MR) is 81.5 cm³/mol. The summed E-state index contributed by atoms with van der Waals surface area (Å²) >= 11 is 0. The lowest BCUT2D eigenvalue weighted by atomic mass is 10.1. The number of fused-ring (bicyclic) bond motifs is 1. The molecular formula is C17H22O3. The van der Waals surface area contributed by atoms with Crippen molar-refractivity contribution in [3.63, 3.8) is 0 Å². The normalized spacial score (nSPS) is 10.9. The number of hydrogen-bond acceptors (Lipinski definition) is 3. The van der Waals surface area contributed by atoms with Crippen LogP contribution >= 0.6 is 0 Å². The third-order valence-electron chi connectivity index (χ3n) is 3.44. The van der Waals surface area contributed by atoms with Crippen LogP contribution in [0.15, 0.2) is 33.5 Å². The first kappa shape index (κ1) is 14.6. The molecule has 0 spiro atoms. The number of ether oxygens (including phenoxy) is 1. The molecule has 1 heterocycles. The van der Waals surface area contributed by atoms with Crippen molar-refractivity contribution in [3.8, 4) is 5.95 Å². The molecule has 2 aromatic rings. The molecule has 0 fully saturated rings. The molecule has 0 amide bonds. The first-order chi connectivity index (χ1) is 9.77. The van der Waals surface area contributed by atoms with Crippen LogP contribution in [-0.4, -0.2) is 6.61 Å². The van der Waals surface area contributed by atoms with Crippen LogP contribution in [0.5, 0.6) is 5.95 Å². The highest BCUT2D eigenvalue weighted by atomic mass is 16.6. The molecule has 0 saturated heterocycles. The summed E-state index contributed by atoms with van der Waals surface area (Å²) in [4.78, 5) is 12.4. The number of hydrogen-bond donors (Lipinski definition) is 0. The highest BCUT2D eigenvalue weighted by Crippen LogP contribution is 2.22. The third-order valence-corrected chi connectivity index (χ3v) is 3.44. The number of para-hydroxylation sites is 1. The van der Waals surface area contributed by atoms with Crippen molar-refractivity contribution >= 4 is 11.0 Å². The molecule has 0 bridgehead atoms. The van der Waals surface area contributed by atoms with Crippen LogP contribution < -0.4 is 10.2 Å². The maximum atomic E-state index is 12.4. The van der Waals surface area contributed by atoms with Gasteiger partial charge in [-0.05, 0) is 25.0 Å². The molecule has 3 nitrogen and oxygen atoms in total. The Morgan fingerprint density at radius 3 is 2.65 bits per heavy atom. The molecule has 108 valence electrons. The van der Waals surface area contributed by atoms with Crippen molar-refractivity contribution < 1.29 is 9.15 Å². The lowest BCUT2D eigenvalue weighted by Crippen LogP contribution is -2.11. The van der Waals surface area contributed by atoms with E-state index < -0.39 is 0 Å². The summed E-state index contributed by atoms with van der Waals surface area (Å²) in [6.45, 7) is 4.73. The average Bonchev–Trinajstić information content (AvgIpc) is 2.47. The first-order valence-electron chi connectivity index (χ1n) is 7.45. The van der Waals surface area contributed by atoms with E-state index in [0.29, 0.717) is 35.5 Å². The van der Waals surface area contributed by atoms with Crippen LogP contribution in [0.3, 0.4) is 0 Å². The maximum Gasteiger partial charge on any atom is 0.292 e. The molecule has 20 heavy (non-hydrogen) atoms. The number of rotatable bonds is 7. The minimum Gasteiger partial charge on any atom is -0.465 e. The van der Waals surface area contributed by atoms with Gasteiger partial charge in [0.25, 0.3) is 5.95 Å². The fraction of sp³-hybridized carbons (Fsp3) is 0.471. The van der Waals surface area contributed by atoms with Gasteiger partial charge in [0, 0.05) is 0 Å². The Hall–Kier alpha value is -1.77. The van der Waals surface area contributed by atoms with E-state index >= 15 is 0 Å². The molecule has 0 aliphatic rings. The molecule has 3 heteroatoms. The van der Waals surface area contributed by atoms with E-state index in [1.165, 1.54) is 12.8 Å². The van der Waals surface area contributed by atoms with Gasteiger partial charge >= 0.3 is 0 Å². The van der Waals surface area contributed by atoms with Gasteiger partial charge in [-0.3, -0.25) is 4.79 Å². The molecule has 1 aromatic carbocycles. The summed E-state index contributed by atoms with van der Waals surface area (Å²) < 4.78 is 11.4. The maximum absolute atomic E-state index is 12.4. The second-order valence-corrected chi connectivity index (χ2v) is 4.96. The summed E-state index contributed by atoms with van der Waals surface area (Å²) in [7, 11) is 0. The molecule has 0 aliphatic heterocycles. The van der Waals surface area contributed by atoms with Crippen molar-refractivity contribution in [1.29, 1.82) is 0 Å². The smallest absolute Gasteiger partial charge is 0.292 e. The first-order valence-corrected chi connectivity index (χ1v) is 7.45. The van der Waals surface area contributed by atoms with Crippen molar-refractivity contribution in [3.05, 3.63) is 40.1 Å². The number of benzene rings is 1. The van der Waals surface area contributed by atoms with E-state index in [0.717, 1.165) is 12.8 Å². The minimum atomic E-state index is 0.0258. The molecule has 1 aromatic heterocycles. The van der Waals surface area contributed by atoms with Gasteiger partial charge in [-0.25, -0.2) is 0 Å². The Morgan fingerprint density at radius 1 is 1.10 bits per heavy atom. The fourth-order valence-corrected chi connectivity index (χ4v) is 2.28. The SMILES string of the molecule is CCCCCCOc1oc2ccccc2c(=O)c1CC. The highest BCUT2D eigenvalue weighted by molar-refractivity contribution is 5.77. The van der Waals surface area contributed by atoms with Gasteiger partial charge in [0.1, 0.15) is 5.58 Å². The summed E-state index contributed by atoms with van der Waals surface area (Å²) in [6.07, 6.45) is 5.18. The summed E-state index contributed by atoms with van der Waals surface area (Å²) in [5.41, 5.74) is 1.26. The quantitative estimate of drug-likeness (QED) is 0.706. The van der Waals surface area contributed by atoms with Crippen molar-refractivity contribution in [1.82, 2.24) is 0 Å². The molecular weight excluding hydrogens is 252 g/mol. The molecule has 0 atom stereocenters. The zero-order chi connectivity index (χ0) is 14.4.